The molecule has 2 amide bonds. The van der Waals surface area contributed by atoms with Crippen molar-refractivity contribution < 1.29 is 9.59 Å². The second-order valence-electron chi connectivity index (χ2n) is 7.49. The quantitative estimate of drug-likeness (QED) is 0.741. The number of rotatable bonds is 4. The first-order chi connectivity index (χ1) is 10.8. The molecule has 0 saturated carbocycles. The van der Waals surface area contributed by atoms with E-state index in [2.05, 4.69) is 25.3 Å². The fourth-order valence-electron chi connectivity index (χ4n) is 3.91. The summed E-state index contributed by atoms with van der Waals surface area (Å²) in [7, 11) is 0. The lowest BCUT2D eigenvalue weighted by molar-refractivity contribution is -0.140. The first-order valence-electron chi connectivity index (χ1n) is 8.73. The Morgan fingerprint density at radius 2 is 1.74 bits per heavy atom. The predicted octanol–water partition coefficient (Wildman–Crippen LogP) is 1.74. The molecule has 2 saturated heterocycles. The number of hydrogen-bond acceptors (Lipinski definition) is 3. The molecule has 0 radical (unpaired) electrons. The van der Waals surface area contributed by atoms with Crippen molar-refractivity contribution in [1.29, 1.82) is 0 Å². The molecular formula is C18H31N3O2. The summed E-state index contributed by atoms with van der Waals surface area (Å²) in [4.78, 5) is 30.1. The molecule has 0 N–H and O–H groups in total. The molecule has 0 aliphatic carbocycles. The summed E-state index contributed by atoms with van der Waals surface area (Å²) < 4.78 is 0. The van der Waals surface area contributed by atoms with E-state index in [-0.39, 0.29) is 17.2 Å². The monoisotopic (exact) mass is 321 g/mol. The molecule has 0 aromatic heterocycles. The molecule has 1 atom stereocenters. The minimum absolute atomic E-state index is 0.0981. The predicted molar refractivity (Wildman–Crippen MR) is 92.0 cm³/mol. The van der Waals surface area contributed by atoms with E-state index in [1.807, 2.05) is 15.9 Å². The van der Waals surface area contributed by atoms with Crippen molar-refractivity contribution in [3.8, 4) is 0 Å². The van der Waals surface area contributed by atoms with Crippen LogP contribution in [-0.4, -0.2) is 71.8 Å². The Labute approximate surface area is 140 Å². The Bertz CT molecular complexity index is 453. The highest BCUT2D eigenvalue weighted by atomic mass is 16.2. The molecule has 0 aromatic rings. The van der Waals surface area contributed by atoms with Gasteiger partial charge in [0.05, 0.1) is 6.54 Å². The Morgan fingerprint density at radius 1 is 1.13 bits per heavy atom. The fourth-order valence-corrected chi connectivity index (χ4v) is 3.91. The normalized spacial score (nSPS) is 25.3. The van der Waals surface area contributed by atoms with Crippen molar-refractivity contribution in [2.75, 3.05) is 39.3 Å². The molecule has 0 aromatic carbocycles. The molecule has 2 aliphatic heterocycles. The number of nitrogens with zero attached hydrogens (tertiary/aromatic N) is 3. The molecule has 23 heavy (non-hydrogen) atoms. The highest BCUT2D eigenvalue weighted by molar-refractivity contribution is 5.79. The van der Waals surface area contributed by atoms with Crippen molar-refractivity contribution >= 4 is 11.8 Å². The van der Waals surface area contributed by atoms with Gasteiger partial charge in [-0.3, -0.25) is 14.5 Å². The average molecular weight is 321 g/mol. The summed E-state index contributed by atoms with van der Waals surface area (Å²) in [5, 5.41) is 0. The van der Waals surface area contributed by atoms with E-state index in [0.717, 1.165) is 19.4 Å². The summed E-state index contributed by atoms with van der Waals surface area (Å²) in [5.74, 6) is 0.292. The third-order valence-electron chi connectivity index (χ3n) is 5.42. The average Bonchev–Trinajstić information content (AvgIpc) is 2.50. The summed E-state index contributed by atoms with van der Waals surface area (Å²) >= 11 is 0. The van der Waals surface area contributed by atoms with Gasteiger partial charge in [0.15, 0.2) is 0 Å². The Kier molecular flexibility index (Phi) is 5.84. The molecule has 130 valence electrons. The van der Waals surface area contributed by atoms with Crippen molar-refractivity contribution in [3.63, 3.8) is 0 Å². The molecule has 2 rings (SSSR count). The number of amides is 2. The number of piperidine rings is 1. The molecule has 2 fully saturated rings. The van der Waals surface area contributed by atoms with E-state index >= 15 is 0 Å². The lowest BCUT2D eigenvalue weighted by Crippen LogP contribution is -2.56. The topological polar surface area (TPSA) is 43.9 Å². The fraction of sp³-hybridized carbons (Fsp3) is 0.778. The summed E-state index contributed by atoms with van der Waals surface area (Å²) in [5.41, 5.74) is 0.222. The van der Waals surface area contributed by atoms with Crippen LogP contribution in [-0.2, 0) is 9.59 Å². The van der Waals surface area contributed by atoms with Gasteiger partial charge in [-0.25, -0.2) is 0 Å². The van der Waals surface area contributed by atoms with Crippen molar-refractivity contribution in [2.24, 2.45) is 5.41 Å². The summed E-state index contributed by atoms with van der Waals surface area (Å²) in [6, 6.07) is 0.385. The van der Waals surface area contributed by atoms with E-state index < -0.39 is 0 Å². The zero-order chi connectivity index (χ0) is 17.0. The SMILES string of the molecule is C=CCC1N(CC(=O)N2CCN(C(C)=O)CC2)CCCC1(C)C. The van der Waals surface area contributed by atoms with E-state index in [9.17, 15) is 9.59 Å². The second kappa shape index (κ2) is 7.47. The van der Waals surface area contributed by atoms with Gasteiger partial charge in [0.2, 0.25) is 11.8 Å². The smallest absolute Gasteiger partial charge is 0.236 e. The van der Waals surface area contributed by atoms with Crippen LogP contribution < -0.4 is 0 Å². The maximum absolute atomic E-state index is 12.7. The van der Waals surface area contributed by atoms with Crippen LogP contribution in [0, 0.1) is 5.41 Å². The molecule has 2 heterocycles. The molecule has 1 unspecified atom stereocenters. The van der Waals surface area contributed by atoms with Crippen LogP contribution >= 0.6 is 0 Å². The van der Waals surface area contributed by atoms with Gasteiger partial charge >= 0.3 is 0 Å². The minimum atomic E-state index is 0.0981. The van der Waals surface area contributed by atoms with E-state index in [1.165, 1.54) is 6.42 Å². The maximum atomic E-state index is 12.7. The highest BCUT2D eigenvalue weighted by Gasteiger charge is 2.37. The Morgan fingerprint density at radius 3 is 2.30 bits per heavy atom. The highest BCUT2D eigenvalue weighted by Crippen LogP contribution is 2.36. The Balaban J connectivity index is 1.93. The van der Waals surface area contributed by atoms with Crippen molar-refractivity contribution in [1.82, 2.24) is 14.7 Å². The number of carbonyl (C=O) groups is 2. The van der Waals surface area contributed by atoms with Crippen LogP contribution in [0.15, 0.2) is 12.7 Å². The van der Waals surface area contributed by atoms with E-state index in [1.54, 1.807) is 6.92 Å². The zero-order valence-electron chi connectivity index (χ0n) is 14.9. The Hall–Kier alpha value is -1.36. The van der Waals surface area contributed by atoms with Gasteiger partial charge in [-0.2, -0.15) is 0 Å². The van der Waals surface area contributed by atoms with Gasteiger partial charge in [-0.05, 0) is 31.2 Å². The van der Waals surface area contributed by atoms with Crippen LogP contribution in [0.25, 0.3) is 0 Å². The van der Waals surface area contributed by atoms with Crippen LogP contribution in [0.2, 0.25) is 0 Å². The number of carbonyl (C=O) groups excluding carboxylic acids is 2. The maximum Gasteiger partial charge on any atom is 0.236 e. The number of likely N-dealkylation sites (tertiary alicyclic amines) is 1. The zero-order valence-corrected chi connectivity index (χ0v) is 14.9. The van der Waals surface area contributed by atoms with Gasteiger partial charge in [0.1, 0.15) is 0 Å². The largest absolute Gasteiger partial charge is 0.339 e. The van der Waals surface area contributed by atoms with Gasteiger partial charge in [0.25, 0.3) is 0 Å². The number of hydrogen-bond donors (Lipinski definition) is 0. The third kappa shape index (κ3) is 4.34. The lowest BCUT2D eigenvalue weighted by atomic mass is 9.75. The minimum Gasteiger partial charge on any atom is -0.339 e. The van der Waals surface area contributed by atoms with E-state index in [0.29, 0.717) is 38.8 Å². The molecular weight excluding hydrogens is 290 g/mol. The van der Waals surface area contributed by atoms with Gasteiger partial charge in [0, 0.05) is 39.1 Å². The van der Waals surface area contributed by atoms with Crippen LogP contribution in [0.5, 0.6) is 0 Å². The van der Waals surface area contributed by atoms with Crippen LogP contribution in [0.3, 0.4) is 0 Å². The first kappa shape index (κ1) is 18.0. The molecule has 0 spiro atoms. The van der Waals surface area contributed by atoms with Crippen LogP contribution in [0.4, 0.5) is 0 Å². The summed E-state index contributed by atoms with van der Waals surface area (Å²) in [6.45, 7) is 14.2. The van der Waals surface area contributed by atoms with Gasteiger partial charge in [-0.15, -0.1) is 6.58 Å². The molecule has 5 heteroatoms. The molecule has 2 aliphatic rings. The summed E-state index contributed by atoms with van der Waals surface area (Å²) in [6.07, 6.45) is 5.25. The van der Waals surface area contributed by atoms with Crippen LogP contribution in [0.1, 0.15) is 40.0 Å². The standard InChI is InChI=1S/C18H31N3O2/c1-5-7-16-18(3,4)8-6-9-21(16)14-17(23)20-12-10-19(11-13-20)15(2)22/h5,16H,1,6-14H2,2-4H3. The molecule has 0 bridgehead atoms. The second-order valence-corrected chi connectivity index (χ2v) is 7.49. The first-order valence-corrected chi connectivity index (χ1v) is 8.73. The lowest BCUT2D eigenvalue weighted by Gasteiger charge is -2.47. The van der Waals surface area contributed by atoms with Gasteiger partial charge < -0.3 is 9.80 Å². The van der Waals surface area contributed by atoms with Gasteiger partial charge in [-0.1, -0.05) is 19.9 Å². The number of piperazine rings is 1. The van der Waals surface area contributed by atoms with E-state index in [4.69, 9.17) is 0 Å². The third-order valence-corrected chi connectivity index (χ3v) is 5.42. The van der Waals surface area contributed by atoms with Crippen molar-refractivity contribution in [3.05, 3.63) is 12.7 Å². The van der Waals surface area contributed by atoms with Crippen molar-refractivity contribution in [2.45, 2.75) is 46.1 Å². The molecule has 5 nitrogen and oxygen atoms in total.